The van der Waals surface area contributed by atoms with Crippen LogP contribution in [0.1, 0.15) is 22.3 Å². The van der Waals surface area contributed by atoms with Gasteiger partial charge < -0.3 is 4.57 Å². The van der Waals surface area contributed by atoms with Gasteiger partial charge in [0.05, 0.1) is 33.2 Å². The second-order valence-corrected chi connectivity index (χ2v) is 12.1. The molecule has 11 rings (SSSR count). The first kappa shape index (κ1) is 22.8. The largest absolute Gasteiger partial charge is 0.309 e. The molecule has 0 fully saturated rings. The Morgan fingerprint density at radius 3 is 1.82 bits per heavy atom. The van der Waals surface area contributed by atoms with E-state index in [1.807, 2.05) is 12.4 Å². The molecule has 2 aromatic heterocycles. The quantitative estimate of drug-likeness (QED) is 0.174. The van der Waals surface area contributed by atoms with Crippen molar-refractivity contribution in [2.75, 3.05) is 0 Å². The van der Waals surface area contributed by atoms with E-state index in [0.29, 0.717) is 0 Å². The molecule has 2 aliphatic rings. The molecule has 44 heavy (non-hydrogen) atoms. The summed E-state index contributed by atoms with van der Waals surface area (Å²) in [4.78, 5) is 9.94. The van der Waals surface area contributed by atoms with E-state index in [1.165, 1.54) is 77.0 Å². The SMILES string of the molecule is c1ccc2c(c1)-c1ccccc1C21c2ccccc2-n2c3ccccc3c3c4c(cc1c32)c1ccccc1c1nccnc14. The Kier molecular flexibility index (Phi) is 4.02. The molecule has 3 heteroatoms. The highest BCUT2D eigenvalue weighted by atomic mass is 15.0. The Balaban J connectivity index is 1.52. The molecule has 7 aromatic carbocycles. The monoisotopic (exact) mass is 557 g/mol. The lowest BCUT2D eigenvalue weighted by atomic mass is 9.65. The highest BCUT2D eigenvalue weighted by molar-refractivity contribution is 6.35. The van der Waals surface area contributed by atoms with E-state index in [-0.39, 0.29) is 0 Å². The van der Waals surface area contributed by atoms with E-state index < -0.39 is 5.41 Å². The lowest BCUT2D eigenvalue weighted by Crippen LogP contribution is -2.33. The molecule has 3 nitrogen and oxygen atoms in total. The fourth-order valence-corrected chi connectivity index (χ4v) is 8.75. The molecular weight excluding hydrogens is 534 g/mol. The molecule has 9 aromatic rings. The predicted octanol–water partition coefficient (Wildman–Crippen LogP) is 9.71. The molecule has 202 valence electrons. The summed E-state index contributed by atoms with van der Waals surface area (Å²) < 4.78 is 2.51. The van der Waals surface area contributed by atoms with Crippen molar-refractivity contribution in [1.29, 1.82) is 0 Å². The van der Waals surface area contributed by atoms with Gasteiger partial charge >= 0.3 is 0 Å². The van der Waals surface area contributed by atoms with Crippen molar-refractivity contribution in [3.63, 3.8) is 0 Å². The van der Waals surface area contributed by atoms with Crippen LogP contribution in [0.2, 0.25) is 0 Å². The van der Waals surface area contributed by atoms with Crippen LogP contribution in [-0.4, -0.2) is 14.5 Å². The Hall–Kier alpha value is -5.80. The summed E-state index contributed by atoms with van der Waals surface area (Å²) in [7, 11) is 0. The molecule has 0 atom stereocenters. The van der Waals surface area contributed by atoms with Gasteiger partial charge in [-0.25, -0.2) is 0 Å². The minimum Gasteiger partial charge on any atom is -0.309 e. The third-order valence-corrected chi connectivity index (χ3v) is 10.3. The van der Waals surface area contributed by atoms with Crippen molar-refractivity contribution < 1.29 is 0 Å². The zero-order chi connectivity index (χ0) is 28.6. The van der Waals surface area contributed by atoms with Crippen LogP contribution < -0.4 is 0 Å². The summed E-state index contributed by atoms with van der Waals surface area (Å²) in [6, 6.07) is 47.2. The van der Waals surface area contributed by atoms with Crippen molar-refractivity contribution in [3.8, 4) is 16.8 Å². The van der Waals surface area contributed by atoms with Crippen molar-refractivity contribution in [2.24, 2.45) is 0 Å². The van der Waals surface area contributed by atoms with Gasteiger partial charge in [0.25, 0.3) is 0 Å². The van der Waals surface area contributed by atoms with Gasteiger partial charge in [-0.05, 0) is 62.4 Å². The van der Waals surface area contributed by atoms with E-state index in [9.17, 15) is 0 Å². The van der Waals surface area contributed by atoms with E-state index in [2.05, 4.69) is 132 Å². The molecular formula is C41H23N3. The van der Waals surface area contributed by atoms with E-state index >= 15 is 0 Å². The first-order chi connectivity index (χ1) is 21.9. The molecule has 0 unspecified atom stereocenters. The average Bonchev–Trinajstić information content (AvgIpc) is 3.59. The lowest BCUT2D eigenvalue weighted by Gasteiger charge is -2.40. The van der Waals surface area contributed by atoms with Gasteiger partial charge in [-0.3, -0.25) is 9.97 Å². The maximum atomic E-state index is 5.03. The topological polar surface area (TPSA) is 30.7 Å². The van der Waals surface area contributed by atoms with Crippen LogP contribution in [0.25, 0.3) is 71.2 Å². The van der Waals surface area contributed by atoms with Gasteiger partial charge in [-0.1, -0.05) is 109 Å². The maximum Gasteiger partial charge on any atom is 0.0978 e. The second kappa shape index (κ2) is 7.77. The van der Waals surface area contributed by atoms with E-state index in [4.69, 9.17) is 9.97 Å². The Morgan fingerprint density at radius 1 is 0.455 bits per heavy atom. The van der Waals surface area contributed by atoms with Gasteiger partial charge in [0.1, 0.15) is 0 Å². The van der Waals surface area contributed by atoms with E-state index in [0.717, 1.165) is 16.4 Å². The first-order valence-electron chi connectivity index (χ1n) is 15.2. The third kappa shape index (κ3) is 2.42. The fraction of sp³-hybridized carbons (Fsp3) is 0.0244. The summed E-state index contributed by atoms with van der Waals surface area (Å²) in [5.74, 6) is 0. The van der Waals surface area contributed by atoms with Gasteiger partial charge in [0.15, 0.2) is 0 Å². The fourth-order valence-electron chi connectivity index (χ4n) is 8.75. The number of nitrogens with zero attached hydrogens (tertiary/aromatic N) is 3. The van der Waals surface area contributed by atoms with Crippen LogP contribution in [0.15, 0.2) is 140 Å². The average molecular weight is 558 g/mol. The summed E-state index contributed by atoms with van der Waals surface area (Å²) in [6.45, 7) is 0. The Bertz CT molecular complexity index is 2690. The molecule has 0 bridgehead atoms. The molecule has 0 amide bonds. The summed E-state index contributed by atoms with van der Waals surface area (Å²) in [5.41, 5.74) is 13.1. The van der Waals surface area contributed by atoms with Crippen molar-refractivity contribution in [3.05, 3.63) is 162 Å². The molecule has 0 radical (unpaired) electrons. The van der Waals surface area contributed by atoms with Crippen LogP contribution in [0.5, 0.6) is 0 Å². The number of hydrogen-bond acceptors (Lipinski definition) is 2. The third-order valence-electron chi connectivity index (χ3n) is 10.3. The normalized spacial score (nSPS) is 14.1. The minimum atomic E-state index is -0.473. The van der Waals surface area contributed by atoms with Crippen LogP contribution in [-0.2, 0) is 5.41 Å². The molecule has 0 saturated carbocycles. The van der Waals surface area contributed by atoms with Crippen molar-refractivity contribution in [2.45, 2.75) is 5.41 Å². The predicted molar refractivity (Wildman–Crippen MR) is 180 cm³/mol. The Labute approximate surface area is 252 Å². The van der Waals surface area contributed by atoms with Crippen LogP contribution in [0.3, 0.4) is 0 Å². The first-order valence-corrected chi connectivity index (χ1v) is 15.2. The van der Waals surface area contributed by atoms with Crippen LogP contribution in [0.4, 0.5) is 0 Å². The molecule has 0 saturated heterocycles. The number of benzene rings is 7. The molecule has 1 aliphatic heterocycles. The number of para-hydroxylation sites is 2. The lowest BCUT2D eigenvalue weighted by molar-refractivity contribution is 0.750. The summed E-state index contributed by atoms with van der Waals surface area (Å²) in [5, 5.41) is 7.23. The smallest absolute Gasteiger partial charge is 0.0978 e. The molecule has 0 N–H and O–H groups in total. The summed E-state index contributed by atoms with van der Waals surface area (Å²) >= 11 is 0. The zero-order valence-electron chi connectivity index (χ0n) is 23.6. The molecule has 3 heterocycles. The van der Waals surface area contributed by atoms with Crippen LogP contribution >= 0.6 is 0 Å². The summed E-state index contributed by atoms with van der Waals surface area (Å²) in [6.07, 6.45) is 3.65. The number of hydrogen-bond donors (Lipinski definition) is 0. The van der Waals surface area contributed by atoms with Gasteiger partial charge in [0, 0.05) is 33.9 Å². The van der Waals surface area contributed by atoms with E-state index in [1.54, 1.807) is 0 Å². The standard InChI is InChI=1S/C41H23N3/c1-2-14-27-24(11-1)29-23-33-40-37(36(29)39-38(27)42-21-22-43-39)28-15-5-9-19-34(28)44(40)35-20-10-8-18-32(35)41(33)30-16-6-3-12-25(30)26-13-4-7-17-31(26)41/h1-23H. The highest BCUT2D eigenvalue weighted by Crippen LogP contribution is 2.62. The molecule has 1 aliphatic carbocycles. The zero-order valence-corrected chi connectivity index (χ0v) is 23.6. The Morgan fingerprint density at radius 2 is 1.05 bits per heavy atom. The minimum absolute atomic E-state index is 0.473. The number of rotatable bonds is 0. The van der Waals surface area contributed by atoms with Crippen LogP contribution in [0, 0.1) is 0 Å². The maximum absolute atomic E-state index is 5.03. The highest BCUT2D eigenvalue weighted by Gasteiger charge is 2.51. The molecule has 1 spiro atoms. The van der Waals surface area contributed by atoms with Crippen molar-refractivity contribution >= 4 is 54.4 Å². The van der Waals surface area contributed by atoms with Gasteiger partial charge in [0.2, 0.25) is 0 Å². The number of aromatic nitrogens is 3. The number of fused-ring (bicyclic) bond motifs is 19. The van der Waals surface area contributed by atoms with Gasteiger partial charge in [-0.2, -0.15) is 0 Å². The second-order valence-electron chi connectivity index (χ2n) is 12.1. The van der Waals surface area contributed by atoms with Crippen molar-refractivity contribution in [1.82, 2.24) is 14.5 Å². The van der Waals surface area contributed by atoms with Gasteiger partial charge in [-0.15, -0.1) is 0 Å².